The van der Waals surface area contributed by atoms with E-state index in [2.05, 4.69) is 0 Å². The van der Waals surface area contributed by atoms with Crippen molar-refractivity contribution in [2.24, 2.45) is 0 Å². The predicted molar refractivity (Wildman–Crippen MR) is 64.0 cm³/mol. The summed E-state index contributed by atoms with van der Waals surface area (Å²) in [6, 6.07) is 3.47. The molecule has 0 aliphatic rings. The average molecular weight is 261 g/mol. The lowest BCUT2D eigenvalue weighted by atomic mass is 10.3. The molecule has 0 bridgehead atoms. The lowest BCUT2D eigenvalue weighted by Gasteiger charge is -2.08. The van der Waals surface area contributed by atoms with Crippen LogP contribution in [0.5, 0.6) is 0 Å². The van der Waals surface area contributed by atoms with E-state index in [-0.39, 0.29) is 29.0 Å². The van der Waals surface area contributed by atoms with Gasteiger partial charge in [-0.3, -0.25) is 0 Å². The van der Waals surface area contributed by atoms with Crippen LogP contribution in [0.15, 0.2) is 23.1 Å². The molecule has 1 aromatic carbocycles. The molecule has 1 aromatic rings. The summed E-state index contributed by atoms with van der Waals surface area (Å²) in [6.07, 6.45) is -0.0339. The van der Waals surface area contributed by atoms with Crippen molar-refractivity contribution >= 4 is 15.5 Å². The highest BCUT2D eigenvalue weighted by atomic mass is 32.2. The third-order valence-electron chi connectivity index (χ3n) is 2.13. The highest BCUT2D eigenvalue weighted by molar-refractivity contribution is 7.91. The third kappa shape index (κ3) is 3.98. The van der Waals surface area contributed by atoms with Gasteiger partial charge in [-0.1, -0.05) is 0 Å². The minimum atomic E-state index is -3.52. The number of hydrogen-bond donors (Lipinski definition) is 1. The summed E-state index contributed by atoms with van der Waals surface area (Å²) in [7, 11) is -3.52. The predicted octanol–water partition coefficient (Wildman–Crippen LogP) is 1.61. The number of nitrogen functional groups attached to an aromatic ring is 1. The molecule has 0 spiro atoms. The van der Waals surface area contributed by atoms with Gasteiger partial charge in [-0.05, 0) is 32.0 Å². The SMILES string of the molecule is CC(C)OCCS(=O)(=O)c1ccc(N)c(F)c1. The first-order valence-corrected chi connectivity index (χ1v) is 6.87. The number of sulfone groups is 1. The van der Waals surface area contributed by atoms with Gasteiger partial charge in [0.2, 0.25) is 0 Å². The number of benzene rings is 1. The van der Waals surface area contributed by atoms with Gasteiger partial charge in [0.1, 0.15) is 5.82 Å². The first-order valence-electron chi connectivity index (χ1n) is 5.22. The fourth-order valence-electron chi connectivity index (χ4n) is 1.21. The van der Waals surface area contributed by atoms with Crippen LogP contribution in [0.25, 0.3) is 0 Å². The highest BCUT2D eigenvalue weighted by Gasteiger charge is 2.16. The maximum absolute atomic E-state index is 13.1. The Morgan fingerprint density at radius 2 is 2.06 bits per heavy atom. The van der Waals surface area contributed by atoms with Gasteiger partial charge in [0.25, 0.3) is 0 Å². The van der Waals surface area contributed by atoms with Gasteiger partial charge in [-0.2, -0.15) is 0 Å². The molecule has 1 rings (SSSR count). The van der Waals surface area contributed by atoms with Crippen molar-refractivity contribution in [3.63, 3.8) is 0 Å². The summed E-state index contributed by atoms with van der Waals surface area (Å²) in [5, 5.41) is 0. The first-order chi connectivity index (χ1) is 7.83. The zero-order valence-electron chi connectivity index (χ0n) is 9.81. The summed E-state index contributed by atoms with van der Waals surface area (Å²) >= 11 is 0. The molecule has 0 fully saturated rings. The van der Waals surface area contributed by atoms with E-state index in [0.29, 0.717) is 0 Å². The minimum absolute atomic E-state index is 0.0339. The summed E-state index contributed by atoms with van der Waals surface area (Å²) < 4.78 is 41.9. The topological polar surface area (TPSA) is 69.4 Å². The Balaban J connectivity index is 2.79. The molecule has 0 saturated heterocycles. The lowest BCUT2D eigenvalue weighted by Crippen LogP contribution is -2.15. The van der Waals surface area contributed by atoms with Crippen LogP contribution >= 0.6 is 0 Å². The zero-order chi connectivity index (χ0) is 13.1. The van der Waals surface area contributed by atoms with Crippen LogP contribution in [0.1, 0.15) is 13.8 Å². The number of anilines is 1. The molecular weight excluding hydrogens is 245 g/mol. The van der Waals surface area contributed by atoms with Crippen molar-refractivity contribution in [1.29, 1.82) is 0 Å². The van der Waals surface area contributed by atoms with E-state index in [0.717, 1.165) is 6.07 Å². The van der Waals surface area contributed by atoms with Gasteiger partial charge >= 0.3 is 0 Å². The second-order valence-corrected chi connectivity index (χ2v) is 6.03. The van der Waals surface area contributed by atoms with E-state index in [1.807, 2.05) is 13.8 Å². The van der Waals surface area contributed by atoms with E-state index in [1.165, 1.54) is 12.1 Å². The van der Waals surface area contributed by atoms with Gasteiger partial charge in [-0.25, -0.2) is 12.8 Å². The van der Waals surface area contributed by atoms with Crippen molar-refractivity contribution in [2.75, 3.05) is 18.1 Å². The number of halogens is 1. The molecule has 0 aromatic heterocycles. The van der Waals surface area contributed by atoms with E-state index >= 15 is 0 Å². The molecule has 0 aliphatic carbocycles. The zero-order valence-corrected chi connectivity index (χ0v) is 10.6. The smallest absolute Gasteiger partial charge is 0.180 e. The fourth-order valence-corrected chi connectivity index (χ4v) is 2.32. The van der Waals surface area contributed by atoms with Crippen LogP contribution in [0.4, 0.5) is 10.1 Å². The van der Waals surface area contributed by atoms with Crippen LogP contribution in [-0.4, -0.2) is 26.9 Å². The Bertz CT molecular complexity index is 485. The second kappa shape index (κ2) is 5.46. The quantitative estimate of drug-likeness (QED) is 0.817. The summed E-state index contributed by atoms with van der Waals surface area (Å²) in [4.78, 5) is -0.0726. The summed E-state index contributed by atoms with van der Waals surface area (Å²) in [6.45, 7) is 3.72. The van der Waals surface area contributed by atoms with Crippen LogP contribution < -0.4 is 5.73 Å². The molecule has 0 aliphatic heterocycles. The first kappa shape index (κ1) is 13.9. The van der Waals surface area contributed by atoms with E-state index in [1.54, 1.807) is 0 Å². The Morgan fingerprint density at radius 3 is 2.59 bits per heavy atom. The molecule has 2 N–H and O–H groups in total. The summed E-state index contributed by atoms with van der Waals surface area (Å²) in [5.41, 5.74) is 5.21. The number of hydrogen-bond acceptors (Lipinski definition) is 4. The number of ether oxygens (including phenoxy) is 1. The standard InChI is InChI=1S/C11H16FNO3S/c1-8(2)16-5-6-17(14,15)9-3-4-11(13)10(12)7-9/h3-4,7-8H,5-6,13H2,1-2H3. The third-order valence-corrected chi connectivity index (χ3v) is 3.81. The fraction of sp³-hybridized carbons (Fsp3) is 0.455. The Hall–Kier alpha value is -1.14. The van der Waals surface area contributed by atoms with Crippen LogP contribution in [0.2, 0.25) is 0 Å². The highest BCUT2D eigenvalue weighted by Crippen LogP contribution is 2.17. The number of rotatable bonds is 5. The molecular formula is C11H16FNO3S. The van der Waals surface area contributed by atoms with Gasteiger partial charge < -0.3 is 10.5 Å². The molecule has 0 unspecified atom stereocenters. The monoisotopic (exact) mass is 261 g/mol. The average Bonchev–Trinajstić information content (AvgIpc) is 2.21. The largest absolute Gasteiger partial charge is 0.396 e. The van der Waals surface area contributed by atoms with Crippen molar-refractivity contribution in [3.05, 3.63) is 24.0 Å². The van der Waals surface area contributed by atoms with Gasteiger partial charge in [0, 0.05) is 0 Å². The molecule has 96 valence electrons. The Labute approximate surface area is 101 Å². The van der Waals surface area contributed by atoms with Gasteiger partial charge in [-0.15, -0.1) is 0 Å². The molecule has 4 nitrogen and oxygen atoms in total. The normalized spacial score (nSPS) is 12.0. The minimum Gasteiger partial charge on any atom is -0.396 e. The molecule has 0 saturated carbocycles. The van der Waals surface area contributed by atoms with Crippen molar-refractivity contribution < 1.29 is 17.5 Å². The van der Waals surface area contributed by atoms with Crippen LogP contribution in [0, 0.1) is 5.82 Å². The Kier molecular flexibility index (Phi) is 4.47. The second-order valence-electron chi connectivity index (χ2n) is 3.92. The maximum Gasteiger partial charge on any atom is 0.180 e. The van der Waals surface area contributed by atoms with E-state index < -0.39 is 15.7 Å². The molecule has 6 heteroatoms. The van der Waals surface area contributed by atoms with E-state index in [4.69, 9.17) is 10.5 Å². The molecule has 0 heterocycles. The molecule has 17 heavy (non-hydrogen) atoms. The van der Waals surface area contributed by atoms with Gasteiger partial charge in [0.05, 0.1) is 29.0 Å². The van der Waals surface area contributed by atoms with Crippen LogP contribution in [0.3, 0.4) is 0 Å². The van der Waals surface area contributed by atoms with Crippen molar-refractivity contribution in [1.82, 2.24) is 0 Å². The number of nitrogens with two attached hydrogens (primary N) is 1. The maximum atomic E-state index is 13.1. The Morgan fingerprint density at radius 1 is 1.41 bits per heavy atom. The van der Waals surface area contributed by atoms with Crippen molar-refractivity contribution in [3.8, 4) is 0 Å². The molecule has 0 amide bonds. The molecule has 0 atom stereocenters. The van der Waals surface area contributed by atoms with E-state index in [9.17, 15) is 12.8 Å². The van der Waals surface area contributed by atoms with Gasteiger partial charge in [0.15, 0.2) is 9.84 Å². The lowest BCUT2D eigenvalue weighted by molar-refractivity contribution is 0.0912. The summed E-state index contributed by atoms with van der Waals surface area (Å²) in [5.74, 6) is -0.898. The van der Waals surface area contributed by atoms with Crippen molar-refractivity contribution in [2.45, 2.75) is 24.8 Å². The molecule has 0 radical (unpaired) electrons. The van der Waals surface area contributed by atoms with Crippen LogP contribution in [-0.2, 0) is 14.6 Å².